The Morgan fingerprint density at radius 2 is 1.44 bits per heavy atom. The summed E-state index contributed by atoms with van der Waals surface area (Å²) in [6, 6.07) is 3.23. The number of unbranched alkanes of at least 4 members (excludes halogenated alkanes) is 1. The molecule has 3 heteroatoms. The van der Waals surface area contributed by atoms with Crippen molar-refractivity contribution >= 4 is 0 Å². The number of hydrogen-bond acceptors (Lipinski definition) is 1. The third-order valence-electron chi connectivity index (χ3n) is 9.62. The number of benzene rings is 1. The van der Waals surface area contributed by atoms with E-state index in [2.05, 4.69) is 25.7 Å². The molecule has 0 saturated heterocycles. The molecule has 2 saturated carbocycles. The van der Waals surface area contributed by atoms with Crippen molar-refractivity contribution in [2.75, 3.05) is 6.61 Å². The van der Waals surface area contributed by atoms with Gasteiger partial charge in [0.05, 0.1) is 6.61 Å². The first-order chi connectivity index (χ1) is 17.6. The molecular weight excluding hydrogens is 450 g/mol. The van der Waals surface area contributed by atoms with Gasteiger partial charge in [-0.2, -0.15) is 4.39 Å². The zero-order valence-electron chi connectivity index (χ0n) is 22.5. The molecule has 1 aromatic rings. The second kappa shape index (κ2) is 13.8. The van der Waals surface area contributed by atoms with Gasteiger partial charge in [0.2, 0.25) is 5.82 Å². The Hall–Kier alpha value is -1.64. The Balaban J connectivity index is 1.18. The molecule has 0 aliphatic heterocycles. The summed E-state index contributed by atoms with van der Waals surface area (Å²) in [5, 5.41) is 0. The van der Waals surface area contributed by atoms with Crippen molar-refractivity contribution in [2.45, 2.75) is 103 Å². The highest BCUT2D eigenvalue weighted by molar-refractivity contribution is 5.31. The molecule has 0 amide bonds. The molecule has 3 aliphatic carbocycles. The van der Waals surface area contributed by atoms with Gasteiger partial charge < -0.3 is 4.74 Å². The van der Waals surface area contributed by atoms with E-state index in [4.69, 9.17) is 4.74 Å². The average molecular weight is 499 g/mol. The number of allylic oxidation sites excluding steroid dienone is 3. The van der Waals surface area contributed by atoms with Crippen LogP contribution in [0.4, 0.5) is 8.78 Å². The van der Waals surface area contributed by atoms with E-state index in [9.17, 15) is 8.78 Å². The van der Waals surface area contributed by atoms with Gasteiger partial charge in [0, 0.05) is 0 Å². The van der Waals surface area contributed by atoms with Crippen molar-refractivity contribution in [3.63, 3.8) is 0 Å². The van der Waals surface area contributed by atoms with E-state index in [0.717, 1.165) is 42.4 Å². The van der Waals surface area contributed by atoms with Crippen LogP contribution in [0.5, 0.6) is 5.75 Å². The fraction of sp³-hybridized carbons (Fsp3) is 0.697. The Kier molecular flexibility index (Phi) is 10.5. The van der Waals surface area contributed by atoms with Crippen molar-refractivity contribution in [3.05, 3.63) is 54.1 Å². The van der Waals surface area contributed by atoms with Crippen LogP contribution in [0.1, 0.15) is 102 Å². The number of halogens is 2. The molecule has 1 nitrogen and oxygen atoms in total. The summed E-state index contributed by atoms with van der Waals surface area (Å²) in [4.78, 5) is 0. The molecular formula is C33H48F2O. The maximum Gasteiger partial charge on any atom is 0.200 e. The minimum atomic E-state index is -0.846. The molecule has 36 heavy (non-hydrogen) atoms. The monoisotopic (exact) mass is 498 g/mol. The zero-order valence-corrected chi connectivity index (χ0v) is 22.5. The Labute approximate surface area is 218 Å². The normalized spacial score (nSPS) is 30.8. The minimum absolute atomic E-state index is 0.0534. The molecule has 0 spiro atoms. The zero-order chi connectivity index (χ0) is 25.3. The molecule has 0 heterocycles. The summed E-state index contributed by atoms with van der Waals surface area (Å²) < 4.78 is 34.5. The number of ether oxygens (including phenoxy) is 1. The molecule has 0 N–H and O–H groups in total. The summed E-state index contributed by atoms with van der Waals surface area (Å²) in [6.07, 6.45) is 25.4. The van der Waals surface area contributed by atoms with Crippen LogP contribution in [0.15, 0.2) is 36.9 Å². The highest BCUT2D eigenvalue weighted by atomic mass is 19.2. The van der Waals surface area contributed by atoms with Crippen LogP contribution in [0, 0.1) is 47.1 Å². The van der Waals surface area contributed by atoms with Crippen LogP contribution in [0.3, 0.4) is 0 Å². The highest BCUT2D eigenvalue weighted by Gasteiger charge is 2.32. The highest BCUT2D eigenvalue weighted by Crippen LogP contribution is 2.43. The second-order valence-electron chi connectivity index (χ2n) is 12.0. The molecule has 3 aliphatic rings. The first-order valence-electron chi connectivity index (χ1n) is 15.0. The van der Waals surface area contributed by atoms with Gasteiger partial charge in [-0.15, -0.1) is 6.58 Å². The largest absolute Gasteiger partial charge is 0.490 e. The molecule has 0 bridgehead atoms. The van der Waals surface area contributed by atoms with Crippen LogP contribution in [-0.4, -0.2) is 6.61 Å². The lowest BCUT2D eigenvalue weighted by Gasteiger charge is -2.38. The maximum atomic E-state index is 14.4. The second-order valence-corrected chi connectivity index (χ2v) is 12.0. The molecule has 2 fully saturated rings. The van der Waals surface area contributed by atoms with Crippen molar-refractivity contribution in [3.8, 4) is 5.75 Å². The van der Waals surface area contributed by atoms with Crippen LogP contribution in [-0.2, 0) is 6.42 Å². The standard InChI is InChI=1S/C33H48F2O/c1-3-5-7-24-9-13-26(14-10-24)28-17-19-29(20-18-28)27-15-11-25(12-16-27)23-36-31-22-21-30(8-6-4-2)32(34)33(31)35/h4,17,19,21-22,24-29H,2-3,5-16,18,20,23H2,1H3. The lowest BCUT2D eigenvalue weighted by molar-refractivity contribution is 0.148. The summed E-state index contributed by atoms with van der Waals surface area (Å²) in [5.41, 5.74) is 0.391. The molecule has 200 valence electrons. The lowest BCUT2D eigenvalue weighted by Crippen LogP contribution is -2.28. The van der Waals surface area contributed by atoms with Gasteiger partial charge in [0.1, 0.15) is 0 Å². The summed E-state index contributed by atoms with van der Waals surface area (Å²) in [7, 11) is 0. The smallest absolute Gasteiger partial charge is 0.200 e. The Morgan fingerprint density at radius 3 is 2.00 bits per heavy atom. The van der Waals surface area contributed by atoms with E-state index in [0.29, 0.717) is 30.9 Å². The van der Waals surface area contributed by atoms with Crippen molar-refractivity contribution in [2.24, 2.45) is 35.5 Å². The predicted molar refractivity (Wildman–Crippen MR) is 146 cm³/mol. The van der Waals surface area contributed by atoms with Crippen molar-refractivity contribution in [1.82, 2.24) is 0 Å². The maximum absolute atomic E-state index is 14.4. The van der Waals surface area contributed by atoms with Gasteiger partial charge in [-0.3, -0.25) is 0 Å². The summed E-state index contributed by atoms with van der Waals surface area (Å²) >= 11 is 0. The van der Waals surface area contributed by atoms with Gasteiger partial charge in [-0.1, -0.05) is 63.3 Å². The Morgan fingerprint density at radius 1 is 0.833 bits per heavy atom. The van der Waals surface area contributed by atoms with Crippen LogP contribution in [0.2, 0.25) is 0 Å². The summed E-state index contributed by atoms with van der Waals surface area (Å²) in [6.45, 7) is 6.44. The molecule has 4 rings (SSSR count). The predicted octanol–water partition coefficient (Wildman–Crippen LogP) is 9.85. The van der Waals surface area contributed by atoms with Crippen LogP contribution in [0.25, 0.3) is 0 Å². The number of hydrogen-bond donors (Lipinski definition) is 0. The van der Waals surface area contributed by atoms with Gasteiger partial charge in [0.15, 0.2) is 11.6 Å². The van der Waals surface area contributed by atoms with Crippen molar-refractivity contribution in [1.29, 1.82) is 0 Å². The minimum Gasteiger partial charge on any atom is -0.490 e. The first kappa shape index (κ1) is 27.4. The topological polar surface area (TPSA) is 9.23 Å². The Bertz CT molecular complexity index is 845. The van der Waals surface area contributed by atoms with E-state index >= 15 is 0 Å². The third kappa shape index (κ3) is 7.23. The molecule has 1 aromatic carbocycles. The van der Waals surface area contributed by atoms with E-state index in [1.54, 1.807) is 18.2 Å². The molecule has 0 aromatic heterocycles. The molecule has 2 atom stereocenters. The first-order valence-corrected chi connectivity index (χ1v) is 15.0. The van der Waals surface area contributed by atoms with E-state index < -0.39 is 11.6 Å². The lowest BCUT2D eigenvalue weighted by atomic mass is 9.68. The molecule has 2 unspecified atom stereocenters. The number of aryl methyl sites for hydroxylation is 1. The van der Waals surface area contributed by atoms with E-state index in [-0.39, 0.29) is 5.75 Å². The summed E-state index contributed by atoms with van der Waals surface area (Å²) in [5.74, 6) is 3.13. The fourth-order valence-electron chi connectivity index (χ4n) is 7.17. The number of rotatable bonds is 11. The SMILES string of the molecule is C=CCCc1ccc(OCC2CCC(C3C=CC(C4CCC(CCCC)CC4)CC3)CC2)c(F)c1F. The van der Waals surface area contributed by atoms with E-state index in [1.165, 1.54) is 70.6 Å². The van der Waals surface area contributed by atoms with Crippen LogP contribution < -0.4 is 4.74 Å². The fourth-order valence-corrected chi connectivity index (χ4v) is 7.17. The van der Waals surface area contributed by atoms with Gasteiger partial charge in [0.25, 0.3) is 0 Å². The third-order valence-corrected chi connectivity index (χ3v) is 9.62. The van der Waals surface area contributed by atoms with Crippen molar-refractivity contribution < 1.29 is 13.5 Å². The van der Waals surface area contributed by atoms with Crippen LogP contribution >= 0.6 is 0 Å². The van der Waals surface area contributed by atoms with Gasteiger partial charge >= 0.3 is 0 Å². The van der Waals surface area contributed by atoms with Gasteiger partial charge in [-0.25, -0.2) is 4.39 Å². The van der Waals surface area contributed by atoms with E-state index in [1.807, 2.05) is 0 Å². The molecule has 0 radical (unpaired) electrons. The average Bonchev–Trinajstić information content (AvgIpc) is 2.93. The van der Waals surface area contributed by atoms with Gasteiger partial charge in [-0.05, 0) is 111 Å². The quantitative estimate of drug-likeness (QED) is 0.276.